The van der Waals surface area contributed by atoms with Crippen molar-refractivity contribution in [3.63, 3.8) is 0 Å². The van der Waals surface area contributed by atoms with Crippen LogP contribution in [0.3, 0.4) is 0 Å². The number of nitrogens with zero attached hydrogens (tertiary/aromatic N) is 1. The number of rotatable bonds is 8. The fraction of sp³-hybridized carbons (Fsp3) is 0.867. The summed E-state index contributed by atoms with van der Waals surface area (Å²) in [5, 5.41) is 9.23. The summed E-state index contributed by atoms with van der Waals surface area (Å²) in [6.45, 7) is 4.62. The van der Waals surface area contributed by atoms with Gasteiger partial charge in [0.15, 0.2) is 0 Å². The molecule has 1 N–H and O–H groups in total. The zero-order valence-electron chi connectivity index (χ0n) is 12.8. The van der Waals surface area contributed by atoms with Crippen LogP contribution in [0, 0.1) is 5.92 Å². The molecule has 5 heteroatoms. The molecule has 1 saturated heterocycles. The normalized spacial score (nSPS) is 23.9. The number of aliphatic carboxylic acids is 1. The van der Waals surface area contributed by atoms with Gasteiger partial charge in [-0.05, 0) is 12.3 Å². The van der Waals surface area contributed by atoms with Gasteiger partial charge in [0, 0.05) is 26.5 Å². The van der Waals surface area contributed by atoms with Gasteiger partial charge in [0.05, 0.1) is 6.10 Å². The van der Waals surface area contributed by atoms with E-state index in [0.717, 1.165) is 25.7 Å². The van der Waals surface area contributed by atoms with Gasteiger partial charge in [0.2, 0.25) is 5.91 Å². The van der Waals surface area contributed by atoms with E-state index in [0.29, 0.717) is 25.3 Å². The average molecular weight is 285 g/mol. The first-order chi connectivity index (χ1) is 9.53. The number of ether oxygens (including phenoxy) is 1. The molecule has 1 heterocycles. The van der Waals surface area contributed by atoms with Crippen LogP contribution in [0.25, 0.3) is 0 Å². The van der Waals surface area contributed by atoms with Gasteiger partial charge in [0.1, 0.15) is 6.04 Å². The summed E-state index contributed by atoms with van der Waals surface area (Å²) >= 11 is 0. The minimum atomic E-state index is -0.931. The molecule has 5 nitrogen and oxygen atoms in total. The van der Waals surface area contributed by atoms with Crippen molar-refractivity contribution < 1.29 is 19.4 Å². The molecule has 0 radical (unpaired) electrons. The summed E-state index contributed by atoms with van der Waals surface area (Å²) < 4.78 is 5.21. The third-order valence-electron chi connectivity index (χ3n) is 4.21. The van der Waals surface area contributed by atoms with Crippen LogP contribution in [0.1, 0.15) is 52.4 Å². The molecular weight excluding hydrogens is 258 g/mol. The molecule has 0 bridgehead atoms. The lowest BCUT2D eigenvalue weighted by atomic mass is 9.95. The first-order valence-electron chi connectivity index (χ1n) is 7.58. The molecule has 0 spiro atoms. The number of methoxy groups -OCH3 is 1. The highest BCUT2D eigenvalue weighted by Gasteiger charge is 2.39. The van der Waals surface area contributed by atoms with E-state index in [1.807, 2.05) is 0 Å². The van der Waals surface area contributed by atoms with Crippen LogP contribution in [-0.4, -0.2) is 47.7 Å². The van der Waals surface area contributed by atoms with E-state index in [4.69, 9.17) is 4.74 Å². The minimum absolute atomic E-state index is 0.0418. The number of carboxylic acids is 1. The van der Waals surface area contributed by atoms with Crippen molar-refractivity contribution in [1.29, 1.82) is 0 Å². The van der Waals surface area contributed by atoms with E-state index in [2.05, 4.69) is 13.8 Å². The number of hydrogen-bond acceptors (Lipinski definition) is 3. The molecule has 0 aromatic rings. The quantitative estimate of drug-likeness (QED) is 0.743. The van der Waals surface area contributed by atoms with E-state index < -0.39 is 12.0 Å². The molecule has 3 unspecified atom stereocenters. The van der Waals surface area contributed by atoms with E-state index in [1.54, 1.807) is 7.11 Å². The predicted octanol–water partition coefficient (Wildman–Crippen LogP) is 2.29. The van der Waals surface area contributed by atoms with Crippen LogP contribution in [0.15, 0.2) is 0 Å². The fourth-order valence-electron chi connectivity index (χ4n) is 2.79. The maximum Gasteiger partial charge on any atom is 0.326 e. The Labute approximate surface area is 121 Å². The Morgan fingerprint density at radius 1 is 1.40 bits per heavy atom. The minimum Gasteiger partial charge on any atom is -0.480 e. The molecule has 1 rings (SSSR count). The third-order valence-corrected chi connectivity index (χ3v) is 4.21. The van der Waals surface area contributed by atoms with E-state index >= 15 is 0 Å². The van der Waals surface area contributed by atoms with Gasteiger partial charge in [-0.25, -0.2) is 4.79 Å². The standard InChI is InChI=1S/C15H27NO4/c1-4-6-7-11(5-2)8-14(17)16-10-12(20-3)9-13(16)15(18)19/h11-13H,4-10H2,1-3H3,(H,18,19). The van der Waals surface area contributed by atoms with Gasteiger partial charge in [-0.1, -0.05) is 33.1 Å². The van der Waals surface area contributed by atoms with Crippen molar-refractivity contribution >= 4 is 11.9 Å². The molecule has 1 aliphatic rings. The zero-order valence-corrected chi connectivity index (χ0v) is 12.8. The molecule has 1 amide bonds. The summed E-state index contributed by atoms with van der Waals surface area (Å²) in [5.41, 5.74) is 0. The van der Waals surface area contributed by atoms with Crippen molar-refractivity contribution in [3.05, 3.63) is 0 Å². The number of hydrogen-bond donors (Lipinski definition) is 1. The van der Waals surface area contributed by atoms with Gasteiger partial charge in [-0.3, -0.25) is 4.79 Å². The Bertz CT molecular complexity index is 332. The molecule has 0 aliphatic carbocycles. The Kier molecular flexibility index (Phi) is 6.99. The van der Waals surface area contributed by atoms with Crippen LogP contribution in [0.4, 0.5) is 0 Å². The maximum absolute atomic E-state index is 12.4. The molecule has 20 heavy (non-hydrogen) atoms. The number of carboxylic acid groups (broad SMARTS) is 1. The fourth-order valence-corrected chi connectivity index (χ4v) is 2.79. The summed E-state index contributed by atoms with van der Waals surface area (Å²) in [7, 11) is 1.56. The molecule has 1 fully saturated rings. The predicted molar refractivity (Wildman–Crippen MR) is 76.5 cm³/mol. The largest absolute Gasteiger partial charge is 0.480 e. The van der Waals surface area contributed by atoms with Crippen molar-refractivity contribution in [2.45, 2.75) is 64.5 Å². The van der Waals surface area contributed by atoms with Gasteiger partial charge in [0.25, 0.3) is 0 Å². The second-order valence-electron chi connectivity index (χ2n) is 5.61. The van der Waals surface area contributed by atoms with Gasteiger partial charge < -0.3 is 14.7 Å². The molecule has 1 aliphatic heterocycles. The third kappa shape index (κ3) is 4.47. The number of likely N-dealkylation sites (tertiary alicyclic amines) is 1. The Morgan fingerprint density at radius 2 is 2.10 bits per heavy atom. The van der Waals surface area contributed by atoms with Gasteiger partial charge >= 0.3 is 5.97 Å². The summed E-state index contributed by atoms with van der Waals surface area (Å²) in [6, 6.07) is -0.726. The Balaban J connectivity index is 2.61. The van der Waals surface area contributed by atoms with Crippen molar-refractivity contribution in [3.8, 4) is 0 Å². The SMILES string of the molecule is CCCCC(CC)CC(=O)N1CC(OC)CC1C(=O)O. The number of amides is 1. The van der Waals surface area contributed by atoms with Crippen molar-refractivity contribution in [2.75, 3.05) is 13.7 Å². The molecular formula is C15H27NO4. The highest BCUT2D eigenvalue weighted by molar-refractivity contribution is 5.84. The summed E-state index contributed by atoms with van der Waals surface area (Å²) in [6.07, 6.45) is 4.94. The van der Waals surface area contributed by atoms with E-state index in [1.165, 1.54) is 4.90 Å². The van der Waals surface area contributed by atoms with Gasteiger partial charge in [-0.15, -0.1) is 0 Å². The number of carbonyl (C=O) groups excluding carboxylic acids is 1. The number of carbonyl (C=O) groups is 2. The lowest BCUT2D eigenvalue weighted by molar-refractivity contribution is -0.148. The van der Waals surface area contributed by atoms with Crippen LogP contribution in [-0.2, 0) is 14.3 Å². The second-order valence-corrected chi connectivity index (χ2v) is 5.61. The highest BCUT2D eigenvalue weighted by atomic mass is 16.5. The molecule has 3 atom stereocenters. The molecule has 0 saturated carbocycles. The Hall–Kier alpha value is -1.10. The molecule has 0 aromatic heterocycles. The maximum atomic E-state index is 12.4. The van der Waals surface area contributed by atoms with E-state index in [9.17, 15) is 14.7 Å². The lowest BCUT2D eigenvalue weighted by Crippen LogP contribution is -2.41. The lowest BCUT2D eigenvalue weighted by Gasteiger charge is -2.24. The van der Waals surface area contributed by atoms with Crippen molar-refractivity contribution in [1.82, 2.24) is 4.90 Å². The van der Waals surface area contributed by atoms with Crippen LogP contribution < -0.4 is 0 Å². The highest BCUT2D eigenvalue weighted by Crippen LogP contribution is 2.24. The zero-order chi connectivity index (χ0) is 15.1. The topological polar surface area (TPSA) is 66.8 Å². The van der Waals surface area contributed by atoms with Crippen LogP contribution in [0.5, 0.6) is 0 Å². The van der Waals surface area contributed by atoms with Gasteiger partial charge in [-0.2, -0.15) is 0 Å². The average Bonchev–Trinajstić information content (AvgIpc) is 2.87. The molecule has 0 aromatic carbocycles. The van der Waals surface area contributed by atoms with Crippen molar-refractivity contribution in [2.24, 2.45) is 5.92 Å². The first kappa shape index (κ1) is 17.0. The summed E-state index contributed by atoms with van der Waals surface area (Å²) in [5.74, 6) is -0.613. The monoisotopic (exact) mass is 285 g/mol. The summed E-state index contributed by atoms with van der Waals surface area (Å²) in [4.78, 5) is 25.1. The smallest absolute Gasteiger partial charge is 0.326 e. The Morgan fingerprint density at radius 3 is 2.60 bits per heavy atom. The van der Waals surface area contributed by atoms with Crippen LogP contribution in [0.2, 0.25) is 0 Å². The number of unbranched alkanes of at least 4 members (excludes halogenated alkanes) is 1. The molecule has 116 valence electrons. The second kappa shape index (κ2) is 8.25. The first-order valence-corrected chi connectivity index (χ1v) is 7.58. The van der Waals surface area contributed by atoms with E-state index in [-0.39, 0.29) is 12.0 Å². The van der Waals surface area contributed by atoms with Crippen LogP contribution >= 0.6 is 0 Å².